The molecule has 0 fully saturated rings. The summed E-state index contributed by atoms with van der Waals surface area (Å²) in [5.74, 6) is 0.0218. The van der Waals surface area contributed by atoms with E-state index < -0.39 is 0 Å². The summed E-state index contributed by atoms with van der Waals surface area (Å²) in [6, 6.07) is 7.29. The van der Waals surface area contributed by atoms with Gasteiger partial charge in [0, 0.05) is 22.6 Å². The Labute approximate surface area is 112 Å². The number of hydrogen-bond donors (Lipinski definition) is 1. The standard InChI is InChI=1S/C12H10BrN3O2/c13-9-2-1-3-10(6-9)15-12(18)7-16-5-4-14-11(16)8-17/h1-6,8H,7H2,(H,15,18). The summed E-state index contributed by atoms with van der Waals surface area (Å²) >= 11 is 3.32. The molecule has 0 saturated carbocycles. The van der Waals surface area contributed by atoms with Gasteiger partial charge < -0.3 is 9.88 Å². The van der Waals surface area contributed by atoms with E-state index in [1.54, 1.807) is 18.3 Å². The van der Waals surface area contributed by atoms with Crippen molar-refractivity contribution in [2.24, 2.45) is 0 Å². The lowest BCUT2D eigenvalue weighted by atomic mass is 10.3. The maximum atomic E-state index is 11.8. The number of imidazole rings is 1. The van der Waals surface area contributed by atoms with Crippen molar-refractivity contribution < 1.29 is 9.59 Å². The maximum absolute atomic E-state index is 11.8. The van der Waals surface area contributed by atoms with Gasteiger partial charge in [-0.15, -0.1) is 0 Å². The number of halogens is 1. The number of carbonyl (C=O) groups is 2. The van der Waals surface area contributed by atoms with Crippen LogP contribution in [-0.4, -0.2) is 21.7 Å². The molecule has 2 aromatic rings. The average molecular weight is 308 g/mol. The lowest BCUT2D eigenvalue weighted by Crippen LogP contribution is -2.19. The highest BCUT2D eigenvalue weighted by molar-refractivity contribution is 9.10. The fourth-order valence-corrected chi connectivity index (χ4v) is 1.89. The van der Waals surface area contributed by atoms with Crippen LogP contribution in [0.25, 0.3) is 0 Å². The van der Waals surface area contributed by atoms with Crippen LogP contribution >= 0.6 is 15.9 Å². The Balaban J connectivity index is 2.03. The van der Waals surface area contributed by atoms with Crippen molar-refractivity contribution in [3.63, 3.8) is 0 Å². The van der Waals surface area contributed by atoms with Gasteiger partial charge in [-0.25, -0.2) is 4.98 Å². The molecule has 0 aliphatic heterocycles. The second-order valence-electron chi connectivity index (χ2n) is 3.59. The number of carbonyl (C=O) groups excluding carboxylic acids is 2. The first-order valence-corrected chi connectivity index (χ1v) is 6.00. The molecule has 6 heteroatoms. The van der Waals surface area contributed by atoms with Crippen molar-refractivity contribution in [2.45, 2.75) is 6.54 Å². The van der Waals surface area contributed by atoms with Crippen LogP contribution in [0.2, 0.25) is 0 Å². The number of amides is 1. The molecule has 0 aliphatic carbocycles. The number of nitrogens with zero attached hydrogens (tertiary/aromatic N) is 2. The minimum atomic E-state index is -0.214. The van der Waals surface area contributed by atoms with E-state index in [1.807, 2.05) is 12.1 Å². The third-order valence-electron chi connectivity index (χ3n) is 2.28. The van der Waals surface area contributed by atoms with Crippen LogP contribution in [0.4, 0.5) is 5.69 Å². The molecule has 92 valence electrons. The Bertz CT molecular complexity index is 580. The summed E-state index contributed by atoms with van der Waals surface area (Å²) in [5.41, 5.74) is 0.696. The fourth-order valence-electron chi connectivity index (χ4n) is 1.49. The van der Waals surface area contributed by atoms with Crippen molar-refractivity contribution >= 4 is 33.8 Å². The van der Waals surface area contributed by atoms with Gasteiger partial charge in [0.2, 0.25) is 5.91 Å². The SMILES string of the molecule is O=Cc1nccn1CC(=O)Nc1cccc(Br)c1. The Hall–Kier alpha value is -1.95. The van der Waals surface area contributed by atoms with Gasteiger partial charge in [-0.2, -0.15) is 0 Å². The largest absolute Gasteiger partial charge is 0.324 e. The van der Waals surface area contributed by atoms with Crippen LogP contribution in [-0.2, 0) is 11.3 Å². The van der Waals surface area contributed by atoms with Gasteiger partial charge in [-0.05, 0) is 18.2 Å². The highest BCUT2D eigenvalue weighted by Crippen LogP contribution is 2.15. The van der Waals surface area contributed by atoms with Gasteiger partial charge >= 0.3 is 0 Å². The van der Waals surface area contributed by atoms with Crippen LogP contribution < -0.4 is 5.32 Å². The molecule has 1 aromatic heterocycles. The van der Waals surface area contributed by atoms with E-state index >= 15 is 0 Å². The summed E-state index contributed by atoms with van der Waals surface area (Å²) in [7, 11) is 0. The number of benzene rings is 1. The average Bonchev–Trinajstić information content (AvgIpc) is 2.76. The minimum Gasteiger partial charge on any atom is -0.324 e. The molecule has 1 amide bonds. The highest BCUT2D eigenvalue weighted by Gasteiger charge is 2.07. The van der Waals surface area contributed by atoms with E-state index in [9.17, 15) is 9.59 Å². The van der Waals surface area contributed by atoms with Gasteiger partial charge in [0.1, 0.15) is 6.54 Å². The van der Waals surface area contributed by atoms with E-state index in [0.717, 1.165) is 4.47 Å². The van der Waals surface area contributed by atoms with E-state index in [1.165, 1.54) is 10.8 Å². The molecule has 5 nitrogen and oxygen atoms in total. The fraction of sp³-hybridized carbons (Fsp3) is 0.0833. The molecule has 18 heavy (non-hydrogen) atoms. The minimum absolute atomic E-state index is 0.0561. The first-order chi connectivity index (χ1) is 8.69. The molecular formula is C12H10BrN3O2. The van der Waals surface area contributed by atoms with Crippen molar-refractivity contribution in [1.29, 1.82) is 0 Å². The van der Waals surface area contributed by atoms with Crippen molar-refractivity contribution in [3.05, 3.63) is 47.0 Å². The zero-order valence-electron chi connectivity index (χ0n) is 9.34. The number of aldehydes is 1. The van der Waals surface area contributed by atoms with Crippen molar-refractivity contribution in [1.82, 2.24) is 9.55 Å². The molecule has 0 spiro atoms. The van der Waals surface area contributed by atoms with Crippen LogP contribution in [0.15, 0.2) is 41.1 Å². The van der Waals surface area contributed by atoms with Gasteiger partial charge in [0.15, 0.2) is 12.1 Å². The molecule has 1 heterocycles. The van der Waals surface area contributed by atoms with Gasteiger partial charge in [0.05, 0.1) is 0 Å². The Morgan fingerprint density at radius 1 is 1.50 bits per heavy atom. The van der Waals surface area contributed by atoms with Crippen LogP contribution in [0, 0.1) is 0 Å². The van der Waals surface area contributed by atoms with E-state index in [0.29, 0.717) is 12.0 Å². The number of anilines is 1. The Morgan fingerprint density at radius 3 is 3.06 bits per heavy atom. The topological polar surface area (TPSA) is 64.0 Å². The Kier molecular flexibility index (Phi) is 3.88. The number of rotatable bonds is 4. The summed E-state index contributed by atoms with van der Waals surface area (Å²) < 4.78 is 2.37. The number of nitrogens with one attached hydrogen (secondary N) is 1. The smallest absolute Gasteiger partial charge is 0.244 e. The molecule has 1 N–H and O–H groups in total. The lowest BCUT2D eigenvalue weighted by molar-refractivity contribution is -0.116. The van der Waals surface area contributed by atoms with E-state index in [2.05, 4.69) is 26.2 Å². The normalized spacial score (nSPS) is 10.1. The number of aromatic nitrogens is 2. The summed E-state index contributed by atoms with van der Waals surface area (Å²) in [6.07, 6.45) is 3.69. The highest BCUT2D eigenvalue weighted by atomic mass is 79.9. The molecule has 0 unspecified atom stereocenters. The molecule has 0 radical (unpaired) electrons. The maximum Gasteiger partial charge on any atom is 0.244 e. The van der Waals surface area contributed by atoms with Crippen molar-refractivity contribution in [2.75, 3.05) is 5.32 Å². The first kappa shape index (κ1) is 12.5. The predicted molar refractivity (Wildman–Crippen MR) is 70.4 cm³/mol. The molecule has 0 saturated heterocycles. The van der Waals surface area contributed by atoms with E-state index in [-0.39, 0.29) is 18.3 Å². The summed E-state index contributed by atoms with van der Waals surface area (Å²) in [6.45, 7) is 0.0561. The Morgan fingerprint density at radius 2 is 2.33 bits per heavy atom. The third-order valence-corrected chi connectivity index (χ3v) is 2.77. The van der Waals surface area contributed by atoms with Gasteiger partial charge in [-0.3, -0.25) is 9.59 Å². The van der Waals surface area contributed by atoms with Crippen LogP contribution in [0.1, 0.15) is 10.6 Å². The van der Waals surface area contributed by atoms with E-state index in [4.69, 9.17) is 0 Å². The van der Waals surface area contributed by atoms with Crippen LogP contribution in [0.3, 0.4) is 0 Å². The zero-order chi connectivity index (χ0) is 13.0. The molecule has 0 aliphatic rings. The molecule has 2 rings (SSSR count). The second kappa shape index (κ2) is 5.59. The molecule has 0 atom stereocenters. The van der Waals surface area contributed by atoms with Gasteiger partial charge in [-0.1, -0.05) is 22.0 Å². The third kappa shape index (κ3) is 3.04. The predicted octanol–water partition coefficient (Wildman–Crippen LogP) is 2.10. The molecule has 1 aromatic carbocycles. The van der Waals surface area contributed by atoms with Crippen molar-refractivity contribution in [3.8, 4) is 0 Å². The first-order valence-electron chi connectivity index (χ1n) is 5.21. The molecular weight excluding hydrogens is 298 g/mol. The monoisotopic (exact) mass is 307 g/mol. The lowest BCUT2D eigenvalue weighted by Gasteiger charge is -2.06. The number of hydrogen-bond acceptors (Lipinski definition) is 3. The second-order valence-corrected chi connectivity index (χ2v) is 4.51. The summed E-state index contributed by atoms with van der Waals surface area (Å²) in [5, 5.41) is 2.74. The zero-order valence-corrected chi connectivity index (χ0v) is 10.9. The quantitative estimate of drug-likeness (QED) is 0.880. The van der Waals surface area contributed by atoms with Crippen LogP contribution in [0.5, 0.6) is 0 Å². The summed E-state index contributed by atoms with van der Waals surface area (Å²) in [4.78, 5) is 26.2. The molecule has 0 bridgehead atoms. The van der Waals surface area contributed by atoms with Gasteiger partial charge in [0.25, 0.3) is 0 Å².